The highest BCUT2D eigenvalue weighted by Crippen LogP contribution is 2.20. The van der Waals surface area contributed by atoms with Gasteiger partial charge in [0.25, 0.3) is 0 Å². The number of carbonyl (C=O) groups is 1. The van der Waals surface area contributed by atoms with Crippen LogP contribution in [0.5, 0.6) is 0 Å². The summed E-state index contributed by atoms with van der Waals surface area (Å²) in [5.41, 5.74) is 0. The molecule has 4 heteroatoms. The first-order chi connectivity index (χ1) is 7.66. The van der Waals surface area contributed by atoms with E-state index in [9.17, 15) is 4.79 Å². The van der Waals surface area contributed by atoms with Gasteiger partial charge in [-0.05, 0) is 38.3 Å². The van der Waals surface area contributed by atoms with Gasteiger partial charge in [-0.15, -0.1) is 0 Å². The van der Waals surface area contributed by atoms with Crippen LogP contribution in [-0.4, -0.2) is 53.3 Å². The fourth-order valence-corrected chi connectivity index (χ4v) is 3.22. The second kappa shape index (κ2) is 5.50. The van der Waals surface area contributed by atoms with Gasteiger partial charge in [0.1, 0.15) is 0 Å². The summed E-state index contributed by atoms with van der Waals surface area (Å²) >= 11 is 3.42. The summed E-state index contributed by atoms with van der Waals surface area (Å²) in [7, 11) is 0. The van der Waals surface area contributed by atoms with E-state index in [-0.39, 0.29) is 10.7 Å². The van der Waals surface area contributed by atoms with Crippen LogP contribution in [0, 0.1) is 5.92 Å². The largest absolute Gasteiger partial charge is 0.341 e. The van der Waals surface area contributed by atoms with E-state index >= 15 is 0 Å². The van der Waals surface area contributed by atoms with Crippen LogP contribution in [0.2, 0.25) is 0 Å². The molecule has 2 saturated heterocycles. The lowest BCUT2D eigenvalue weighted by Gasteiger charge is -2.24. The summed E-state index contributed by atoms with van der Waals surface area (Å²) in [5, 5.41) is 0. The van der Waals surface area contributed by atoms with Crippen molar-refractivity contribution in [3.8, 4) is 0 Å². The molecule has 0 aliphatic carbocycles. The van der Waals surface area contributed by atoms with Crippen LogP contribution in [0.25, 0.3) is 0 Å². The summed E-state index contributed by atoms with van der Waals surface area (Å²) in [4.78, 5) is 16.4. The zero-order chi connectivity index (χ0) is 11.5. The molecule has 1 amide bonds. The van der Waals surface area contributed by atoms with E-state index < -0.39 is 0 Å². The molecule has 2 aliphatic heterocycles. The molecule has 2 fully saturated rings. The van der Waals surface area contributed by atoms with Crippen molar-refractivity contribution >= 4 is 21.8 Å². The van der Waals surface area contributed by atoms with Crippen molar-refractivity contribution in [2.75, 3.05) is 32.7 Å². The van der Waals surface area contributed by atoms with Crippen molar-refractivity contribution in [3.63, 3.8) is 0 Å². The Kier molecular flexibility index (Phi) is 4.25. The molecule has 0 aromatic heterocycles. The van der Waals surface area contributed by atoms with Crippen molar-refractivity contribution < 1.29 is 4.79 Å². The van der Waals surface area contributed by atoms with Crippen molar-refractivity contribution in [3.05, 3.63) is 0 Å². The lowest BCUT2D eigenvalue weighted by Crippen LogP contribution is -2.36. The van der Waals surface area contributed by atoms with Crippen LogP contribution >= 0.6 is 15.9 Å². The highest BCUT2D eigenvalue weighted by molar-refractivity contribution is 9.10. The average Bonchev–Trinajstić information content (AvgIpc) is 2.83. The molecule has 3 nitrogen and oxygen atoms in total. The maximum Gasteiger partial charge on any atom is 0.236 e. The number of halogens is 1. The van der Waals surface area contributed by atoms with Crippen LogP contribution < -0.4 is 0 Å². The summed E-state index contributed by atoms with van der Waals surface area (Å²) in [5.74, 6) is 0.883. The first-order valence-corrected chi connectivity index (χ1v) is 7.23. The zero-order valence-corrected chi connectivity index (χ0v) is 11.6. The Morgan fingerprint density at radius 2 is 2.00 bits per heavy atom. The van der Waals surface area contributed by atoms with Crippen LogP contribution in [0.1, 0.15) is 26.2 Å². The molecular weight excluding hydrogens is 268 g/mol. The van der Waals surface area contributed by atoms with E-state index in [2.05, 4.69) is 27.8 Å². The molecule has 92 valence electrons. The summed E-state index contributed by atoms with van der Waals surface area (Å²) in [6, 6.07) is 0. The van der Waals surface area contributed by atoms with Crippen molar-refractivity contribution in [2.45, 2.75) is 31.0 Å². The van der Waals surface area contributed by atoms with E-state index in [0.717, 1.165) is 26.1 Å². The molecule has 0 saturated carbocycles. The Morgan fingerprint density at radius 3 is 2.56 bits per heavy atom. The molecule has 2 aliphatic rings. The topological polar surface area (TPSA) is 23.6 Å². The predicted molar refractivity (Wildman–Crippen MR) is 68.8 cm³/mol. The van der Waals surface area contributed by atoms with Gasteiger partial charge in [-0.3, -0.25) is 4.79 Å². The Morgan fingerprint density at radius 1 is 1.31 bits per heavy atom. The first kappa shape index (κ1) is 12.4. The van der Waals surface area contributed by atoms with Crippen LogP contribution in [0.4, 0.5) is 0 Å². The third kappa shape index (κ3) is 2.98. The lowest BCUT2D eigenvalue weighted by atomic mass is 10.1. The fraction of sp³-hybridized carbons (Fsp3) is 0.917. The van der Waals surface area contributed by atoms with Crippen molar-refractivity contribution in [2.24, 2.45) is 5.92 Å². The van der Waals surface area contributed by atoms with Crippen LogP contribution in [-0.2, 0) is 4.79 Å². The third-order valence-electron chi connectivity index (χ3n) is 3.53. The maximum atomic E-state index is 11.7. The summed E-state index contributed by atoms with van der Waals surface area (Å²) in [6.45, 7) is 7.76. The normalized spacial score (nSPS) is 29.0. The van der Waals surface area contributed by atoms with Gasteiger partial charge in [0.2, 0.25) is 5.91 Å². The number of amides is 1. The number of carbonyl (C=O) groups excluding carboxylic acids is 1. The Hall–Kier alpha value is -0.0900. The van der Waals surface area contributed by atoms with E-state index in [0.29, 0.717) is 5.92 Å². The SMILES string of the molecule is CC(CN1CCCC1)CN1CCC(Br)C1=O. The zero-order valence-electron chi connectivity index (χ0n) is 9.99. The van der Waals surface area contributed by atoms with Gasteiger partial charge >= 0.3 is 0 Å². The van der Waals surface area contributed by atoms with Gasteiger partial charge in [0.05, 0.1) is 4.83 Å². The molecule has 0 aromatic carbocycles. The second-order valence-corrected chi connectivity index (χ2v) is 6.26. The molecule has 0 radical (unpaired) electrons. The van der Waals surface area contributed by atoms with E-state index in [1.54, 1.807) is 0 Å². The predicted octanol–water partition coefficient (Wildman–Crippen LogP) is 1.71. The van der Waals surface area contributed by atoms with Gasteiger partial charge in [0, 0.05) is 19.6 Å². The van der Waals surface area contributed by atoms with E-state index in [1.807, 2.05) is 4.90 Å². The quantitative estimate of drug-likeness (QED) is 0.736. The van der Waals surface area contributed by atoms with Gasteiger partial charge < -0.3 is 9.80 Å². The van der Waals surface area contributed by atoms with Crippen molar-refractivity contribution in [1.82, 2.24) is 9.80 Å². The molecule has 0 N–H and O–H groups in total. The minimum Gasteiger partial charge on any atom is -0.341 e. The van der Waals surface area contributed by atoms with E-state index in [1.165, 1.54) is 25.9 Å². The van der Waals surface area contributed by atoms with Crippen LogP contribution in [0.15, 0.2) is 0 Å². The molecule has 0 spiro atoms. The first-order valence-electron chi connectivity index (χ1n) is 6.32. The Balaban J connectivity index is 1.74. The molecule has 2 rings (SSSR count). The Bertz CT molecular complexity index is 253. The van der Waals surface area contributed by atoms with E-state index in [4.69, 9.17) is 0 Å². The number of alkyl halides is 1. The number of nitrogens with zero attached hydrogens (tertiary/aromatic N) is 2. The molecule has 2 heterocycles. The van der Waals surface area contributed by atoms with Crippen molar-refractivity contribution in [1.29, 1.82) is 0 Å². The maximum absolute atomic E-state index is 11.7. The van der Waals surface area contributed by atoms with Gasteiger partial charge in [-0.2, -0.15) is 0 Å². The number of hydrogen-bond donors (Lipinski definition) is 0. The summed E-state index contributed by atoms with van der Waals surface area (Å²) < 4.78 is 0. The highest BCUT2D eigenvalue weighted by Gasteiger charge is 2.30. The second-order valence-electron chi connectivity index (χ2n) is 5.15. The minimum atomic E-state index is 0.0755. The monoisotopic (exact) mass is 288 g/mol. The molecule has 16 heavy (non-hydrogen) atoms. The van der Waals surface area contributed by atoms with Gasteiger partial charge in [-0.1, -0.05) is 22.9 Å². The number of likely N-dealkylation sites (tertiary alicyclic amines) is 2. The Labute approximate surface area is 106 Å². The smallest absolute Gasteiger partial charge is 0.236 e. The third-order valence-corrected chi connectivity index (χ3v) is 4.38. The minimum absolute atomic E-state index is 0.0755. The fourth-order valence-electron chi connectivity index (χ4n) is 2.72. The lowest BCUT2D eigenvalue weighted by molar-refractivity contribution is -0.127. The number of hydrogen-bond acceptors (Lipinski definition) is 2. The molecule has 2 atom stereocenters. The summed E-state index contributed by atoms with van der Waals surface area (Å²) in [6.07, 6.45) is 3.66. The average molecular weight is 289 g/mol. The van der Waals surface area contributed by atoms with Crippen LogP contribution in [0.3, 0.4) is 0 Å². The van der Waals surface area contributed by atoms with Gasteiger partial charge in [-0.25, -0.2) is 0 Å². The highest BCUT2D eigenvalue weighted by atomic mass is 79.9. The van der Waals surface area contributed by atoms with Gasteiger partial charge in [0.15, 0.2) is 0 Å². The molecule has 0 bridgehead atoms. The molecular formula is C12H21BrN2O. The number of rotatable bonds is 4. The standard InChI is InChI=1S/C12H21BrN2O/c1-10(8-14-5-2-3-6-14)9-15-7-4-11(13)12(15)16/h10-11H,2-9H2,1H3. The molecule has 2 unspecified atom stereocenters. The molecule has 0 aromatic rings.